The van der Waals surface area contributed by atoms with Crippen LogP contribution in [0.5, 0.6) is 0 Å². The van der Waals surface area contributed by atoms with E-state index >= 15 is 0 Å². The summed E-state index contributed by atoms with van der Waals surface area (Å²) < 4.78 is 0. The Hall–Kier alpha value is -2.10. The Morgan fingerprint density at radius 1 is 1.40 bits per heavy atom. The first-order chi connectivity index (χ1) is 9.61. The van der Waals surface area contributed by atoms with Crippen molar-refractivity contribution < 1.29 is 9.59 Å². The molecule has 1 aliphatic carbocycles. The molecule has 1 fully saturated rings. The molecule has 1 aliphatic rings. The van der Waals surface area contributed by atoms with Crippen molar-refractivity contribution in [2.75, 3.05) is 13.6 Å². The first-order valence-electron chi connectivity index (χ1n) is 6.83. The number of benzene rings is 1. The van der Waals surface area contributed by atoms with Crippen LogP contribution in [0, 0.1) is 5.92 Å². The van der Waals surface area contributed by atoms with Gasteiger partial charge in [0.2, 0.25) is 11.8 Å². The Labute approximate surface area is 119 Å². The number of rotatable bonds is 6. The number of amides is 2. The summed E-state index contributed by atoms with van der Waals surface area (Å²) in [6.07, 6.45) is 3.49. The van der Waals surface area contributed by atoms with E-state index in [0.29, 0.717) is 5.92 Å². The Bertz CT molecular complexity index is 494. The lowest BCUT2D eigenvalue weighted by molar-refractivity contribution is -0.131. The van der Waals surface area contributed by atoms with E-state index in [1.807, 2.05) is 30.3 Å². The molecular weight excluding hydrogens is 252 g/mol. The minimum Gasteiger partial charge on any atom is -0.347 e. The van der Waals surface area contributed by atoms with Gasteiger partial charge in [-0.2, -0.15) is 0 Å². The smallest absolute Gasteiger partial charge is 0.246 e. The van der Waals surface area contributed by atoms with E-state index in [-0.39, 0.29) is 24.4 Å². The van der Waals surface area contributed by atoms with E-state index < -0.39 is 0 Å². The lowest BCUT2D eigenvalue weighted by atomic mass is 10.0. The van der Waals surface area contributed by atoms with E-state index in [9.17, 15) is 9.59 Å². The molecule has 1 aromatic rings. The van der Waals surface area contributed by atoms with Crippen LogP contribution in [0.1, 0.15) is 24.4 Å². The zero-order chi connectivity index (χ0) is 14.5. The van der Waals surface area contributed by atoms with Crippen LogP contribution in [-0.4, -0.2) is 30.3 Å². The number of carbonyl (C=O) groups is 2. The molecule has 0 heterocycles. The summed E-state index contributed by atoms with van der Waals surface area (Å²) in [5.74, 6) is 0.132. The number of likely N-dealkylation sites (N-methyl/N-ethyl adjacent to an activating group) is 1. The van der Waals surface area contributed by atoms with Crippen molar-refractivity contribution in [3.8, 4) is 0 Å². The fourth-order valence-corrected chi connectivity index (χ4v) is 2.23. The van der Waals surface area contributed by atoms with Gasteiger partial charge >= 0.3 is 0 Å². The number of nitrogens with zero attached hydrogens (tertiary/aromatic N) is 1. The topological polar surface area (TPSA) is 49.4 Å². The van der Waals surface area contributed by atoms with Gasteiger partial charge in [0.1, 0.15) is 0 Å². The zero-order valence-corrected chi connectivity index (χ0v) is 11.7. The second-order valence-corrected chi connectivity index (χ2v) is 5.19. The molecule has 106 valence electrons. The van der Waals surface area contributed by atoms with Crippen LogP contribution < -0.4 is 5.32 Å². The van der Waals surface area contributed by atoms with Gasteiger partial charge in [-0.15, -0.1) is 0 Å². The standard InChI is InChI=1S/C16H20N2O2/c1-3-15(20)18(2)11-14(19)17-16(13-9-10-13)12-7-5-4-6-8-12/h3-8,13,16H,1,9-11H2,2H3,(H,17,19). The predicted molar refractivity (Wildman–Crippen MR) is 77.9 cm³/mol. The normalized spacial score (nSPS) is 15.2. The molecule has 0 spiro atoms. The van der Waals surface area contributed by atoms with Gasteiger partial charge in [-0.3, -0.25) is 9.59 Å². The molecule has 0 saturated heterocycles. The molecular formula is C16H20N2O2. The van der Waals surface area contributed by atoms with Gasteiger partial charge in [0.05, 0.1) is 12.6 Å². The summed E-state index contributed by atoms with van der Waals surface area (Å²) in [6, 6.07) is 10.0. The van der Waals surface area contributed by atoms with Crippen LogP contribution in [-0.2, 0) is 9.59 Å². The van der Waals surface area contributed by atoms with Crippen molar-refractivity contribution >= 4 is 11.8 Å². The lowest BCUT2D eigenvalue weighted by Crippen LogP contribution is -2.39. The SMILES string of the molecule is C=CC(=O)N(C)CC(=O)NC(c1ccccc1)C1CC1. The molecule has 0 bridgehead atoms. The molecule has 1 saturated carbocycles. The molecule has 2 amide bonds. The van der Waals surface area contributed by atoms with Crippen LogP contribution in [0.3, 0.4) is 0 Å². The van der Waals surface area contributed by atoms with E-state index in [1.54, 1.807) is 7.05 Å². The van der Waals surface area contributed by atoms with Crippen LogP contribution in [0.25, 0.3) is 0 Å². The number of nitrogens with one attached hydrogen (secondary N) is 1. The van der Waals surface area contributed by atoms with Crippen molar-refractivity contribution in [3.05, 3.63) is 48.6 Å². The highest BCUT2D eigenvalue weighted by Crippen LogP contribution is 2.40. The molecule has 1 unspecified atom stereocenters. The van der Waals surface area contributed by atoms with Crippen molar-refractivity contribution in [2.45, 2.75) is 18.9 Å². The fraction of sp³-hybridized carbons (Fsp3) is 0.375. The Morgan fingerprint density at radius 3 is 2.60 bits per heavy atom. The van der Waals surface area contributed by atoms with Gasteiger partial charge in [0.15, 0.2) is 0 Å². The average Bonchev–Trinajstić information content (AvgIpc) is 3.29. The maximum Gasteiger partial charge on any atom is 0.246 e. The third-order valence-corrected chi connectivity index (χ3v) is 3.50. The molecule has 2 rings (SSSR count). The largest absolute Gasteiger partial charge is 0.347 e. The Balaban J connectivity index is 1.97. The first-order valence-corrected chi connectivity index (χ1v) is 6.83. The van der Waals surface area contributed by atoms with Crippen LogP contribution in [0.2, 0.25) is 0 Å². The lowest BCUT2D eigenvalue weighted by Gasteiger charge is -2.21. The highest BCUT2D eigenvalue weighted by Gasteiger charge is 2.33. The summed E-state index contributed by atoms with van der Waals surface area (Å²) >= 11 is 0. The fourth-order valence-electron chi connectivity index (χ4n) is 2.23. The second-order valence-electron chi connectivity index (χ2n) is 5.19. The molecule has 4 nitrogen and oxygen atoms in total. The maximum atomic E-state index is 12.1. The van der Waals surface area contributed by atoms with Crippen LogP contribution in [0.15, 0.2) is 43.0 Å². The molecule has 1 N–H and O–H groups in total. The second kappa shape index (κ2) is 6.37. The summed E-state index contributed by atoms with van der Waals surface area (Å²) in [7, 11) is 1.60. The minimum absolute atomic E-state index is 0.0518. The number of hydrogen-bond acceptors (Lipinski definition) is 2. The molecule has 4 heteroatoms. The van der Waals surface area contributed by atoms with E-state index in [1.165, 1.54) is 11.0 Å². The van der Waals surface area contributed by atoms with Crippen LogP contribution >= 0.6 is 0 Å². The molecule has 0 aromatic heterocycles. The van der Waals surface area contributed by atoms with Crippen molar-refractivity contribution in [2.24, 2.45) is 5.92 Å². The Morgan fingerprint density at radius 2 is 2.05 bits per heavy atom. The number of carbonyl (C=O) groups excluding carboxylic acids is 2. The van der Waals surface area contributed by atoms with E-state index in [0.717, 1.165) is 18.4 Å². The highest BCUT2D eigenvalue weighted by atomic mass is 16.2. The summed E-state index contributed by atoms with van der Waals surface area (Å²) in [4.78, 5) is 24.8. The average molecular weight is 272 g/mol. The minimum atomic E-state index is -0.247. The van der Waals surface area contributed by atoms with Gasteiger partial charge < -0.3 is 10.2 Å². The van der Waals surface area contributed by atoms with Gasteiger partial charge in [-0.1, -0.05) is 36.9 Å². The summed E-state index contributed by atoms with van der Waals surface area (Å²) in [5, 5.41) is 3.04. The third kappa shape index (κ3) is 3.70. The Kier molecular flexibility index (Phi) is 4.56. The van der Waals surface area contributed by atoms with Gasteiger partial charge in [-0.05, 0) is 30.4 Å². The van der Waals surface area contributed by atoms with Gasteiger partial charge in [0, 0.05) is 7.05 Å². The van der Waals surface area contributed by atoms with Crippen molar-refractivity contribution in [3.63, 3.8) is 0 Å². The van der Waals surface area contributed by atoms with E-state index in [2.05, 4.69) is 11.9 Å². The predicted octanol–water partition coefficient (Wildman–Crippen LogP) is 1.90. The highest BCUT2D eigenvalue weighted by molar-refractivity contribution is 5.90. The van der Waals surface area contributed by atoms with Crippen LogP contribution in [0.4, 0.5) is 0 Å². The number of hydrogen-bond donors (Lipinski definition) is 1. The molecule has 20 heavy (non-hydrogen) atoms. The van der Waals surface area contributed by atoms with Crippen molar-refractivity contribution in [1.29, 1.82) is 0 Å². The van der Waals surface area contributed by atoms with Crippen molar-refractivity contribution in [1.82, 2.24) is 10.2 Å². The zero-order valence-electron chi connectivity index (χ0n) is 11.7. The quantitative estimate of drug-likeness (QED) is 0.804. The molecule has 0 radical (unpaired) electrons. The molecule has 0 aliphatic heterocycles. The summed E-state index contributed by atoms with van der Waals surface area (Å²) in [5.41, 5.74) is 1.13. The molecule has 1 atom stereocenters. The maximum absolute atomic E-state index is 12.1. The molecule has 1 aromatic carbocycles. The van der Waals surface area contributed by atoms with E-state index in [4.69, 9.17) is 0 Å². The van der Waals surface area contributed by atoms with Gasteiger partial charge in [0.25, 0.3) is 0 Å². The summed E-state index contributed by atoms with van der Waals surface area (Å²) in [6.45, 7) is 3.47. The monoisotopic (exact) mass is 272 g/mol. The third-order valence-electron chi connectivity index (χ3n) is 3.50. The van der Waals surface area contributed by atoms with Gasteiger partial charge in [-0.25, -0.2) is 0 Å². The first kappa shape index (κ1) is 14.3.